The normalized spacial score (nSPS) is 16.2. The van der Waals surface area contributed by atoms with Gasteiger partial charge in [-0.3, -0.25) is 19.3 Å². The summed E-state index contributed by atoms with van der Waals surface area (Å²) in [4.78, 5) is 35.9. The van der Waals surface area contributed by atoms with Crippen molar-refractivity contribution in [2.75, 3.05) is 13.1 Å². The third-order valence-electron chi connectivity index (χ3n) is 2.95. The summed E-state index contributed by atoms with van der Waals surface area (Å²) in [5.41, 5.74) is 0.997. The van der Waals surface area contributed by atoms with Crippen LogP contribution in [0.4, 0.5) is 0 Å². The van der Waals surface area contributed by atoms with Crippen LogP contribution in [0.5, 0.6) is 0 Å². The van der Waals surface area contributed by atoms with Crippen molar-refractivity contribution in [2.45, 2.75) is 0 Å². The molecule has 0 saturated carbocycles. The summed E-state index contributed by atoms with van der Waals surface area (Å²) in [6.45, 7) is -0.791. The number of carbonyl (C=O) groups excluding carboxylic acids is 2. The van der Waals surface area contributed by atoms with E-state index in [4.69, 9.17) is 17.3 Å². The van der Waals surface area contributed by atoms with Crippen LogP contribution < -0.4 is 5.32 Å². The van der Waals surface area contributed by atoms with E-state index in [0.29, 0.717) is 4.91 Å². The largest absolute Gasteiger partial charge is 0.480 e. The first-order chi connectivity index (χ1) is 11.5. The Balaban J connectivity index is 1.98. The average molecular weight is 362 g/mol. The van der Waals surface area contributed by atoms with Gasteiger partial charge in [-0.25, -0.2) is 0 Å². The number of thiocarbonyl (C=S) groups is 1. The summed E-state index contributed by atoms with van der Waals surface area (Å²) in [6, 6.07) is 9.60. The van der Waals surface area contributed by atoms with Crippen LogP contribution in [0.2, 0.25) is 0 Å². The number of carboxylic acid groups (broad SMARTS) is 1. The summed E-state index contributed by atoms with van der Waals surface area (Å²) in [7, 11) is 0. The zero-order chi connectivity index (χ0) is 17.5. The van der Waals surface area contributed by atoms with Crippen molar-refractivity contribution in [3.63, 3.8) is 0 Å². The van der Waals surface area contributed by atoms with Crippen LogP contribution in [0.25, 0.3) is 6.08 Å². The van der Waals surface area contributed by atoms with Gasteiger partial charge in [0.05, 0.1) is 4.91 Å². The molecule has 0 unspecified atom stereocenters. The number of hydrogen-bond acceptors (Lipinski definition) is 5. The lowest BCUT2D eigenvalue weighted by Gasteiger charge is -2.13. The number of hydrogen-bond donors (Lipinski definition) is 2. The summed E-state index contributed by atoms with van der Waals surface area (Å²) >= 11 is 6.20. The van der Waals surface area contributed by atoms with E-state index in [2.05, 4.69) is 5.32 Å². The van der Waals surface area contributed by atoms with E-state index >= 15 is 0 Å². The second-order valence-corrected chi connectivity index (χ2v) is 6.41. The van der Waals surface area contributed by atoms with Crippen molar-refractivity contribution in [1.82, 2.24) is 10.2 Å². The van der Waals surface area contributed by atoms with Crippen LogP contribution in [0.3, 0.4) is 0 Å². The van der Waals surface area contributed by atoms with E-state index in [1.807, 2.05) is 36.4 Å². The van der Waals surface area contributed by atoms with Crippen molar-refractivity contribution < 1.29 is 19.5 Å². The lowest BCUT2D eigenvalue weighted by molar-refractivity contribution is -0.138. The highest BCUT2D eigenvalue weighted by Gasteiger charge is 2.32. The van der Waals surface area contributed by atoms with Crippen molar-refractivity contribution in [3.8, 4) is 0 Å². The fourth-order valence-electron chi connectivity index (χ4n) is 1.83. The van der Waals surface area contributed by atoms with E-state index in [9.17, 15) is 14.4 Å². The molecule has 0 spiro atoms. The molecule has 0 aliphatic carbocycles. The number of nitrogens with zero attached hydrogens (tertiary/aromatic N) is 1. The summed E-state index contributed by atoms with van der Waals surface area (Å²) in [6.07, 6.45) is 5.24. The number of nitrogens with one attached hydrogen (secondary N) is 1. The second kappa shape index (κ2) is 8.42. The van der Waals surface area contributed by atoms with E-state index < -0.39 is 18.4 Å². The Morgan fingerprint density at radius 2 is 2.00 bits per heavy atom. The number of carboxylic acids is 1. The first-order valence-corrected chi connectivity index (χ1v) is 8.15. The number of allylic oxidation sites excluding steroid dienone is 2. The Morgan fingerprint density at radius 1 is 1.29 bits per heavy atom. The molecule has 124 valence electrons. The van der Waals surface area contributed by atoms with Gasteiger partial charge >= 0.3 is 5.97 Å². The van der Waals surface area contributed by atoms with Gasteiger partial charge in [-0.1, -0.05) is 66.5 Å². The Hall–Kier alpha value is -2.45. The second-order valence-electron chi connectivity index (χ2n) is 4.73. The molecule has 0 atom stereocenters. The molecule has 0 radical (unpaired) electrons. The third-order valence-corrected chi connectivity index (χ3v) is 4.34. The SMILES string of the molecule is O=C(O)CNC(=O)CN1C(=O)C(=CC=Cc2ccccc2)SC1=S. The maximum absolute atomic E-state index is 12.3. The fourth-order valence-corrected chi connectivity index (χ4v) is 3.04. The molecule has 0 aromatic heterocycles. The van der Waals surface area contributed by atoms with E-state index in [1.165, 1.54) is 0 Å². The molecule has 8 heteroatoms. The van der Waals surface area contributed by atoms with Crippen LogP contribution in [0, 0.1) is 0 Å². The third kappa shape index (κ3) is 5.04. The van der Waals surface area contributed by atoms with Crippen LogP contribution in [0.15, 0.2) is 47.4 Å². The molecule has 1 fully saturated rings. The first kappa shape index (κ1) is 17.9. The smallest absolute Gasteiger partial charge is 0.322 e. The minimum absolute atomic E-state index is 0.268. The minimum Gasteiger partial charge on any atom is -0.480 e. The molecule has 1 aromatic carbocycles. The Labute approximate surface area is 148 Å². The molecule has 2 rings (SSSR count). The summed E-state index contributed by atoms with van der Waals surface area (Å²) in [5.74, 6) is -2.09. The molecular formula is C16H14N2O4S2. The van der Waals surface area contributed by atoms with Gasteiger partial charge in [0.2, 0.25) is 5.91 Å². The fraction of sp³-hybridized carbons (Fsp3) is 0.125. The topological polar surface area (TPSA) is 86.7 Å². The van der Waals surface area contributed by atoms with Crippen molar-refractivity contribution >= 4 is 52.2 Å². The molecule has 6 nitrogen and oxygen atoms in total. The molecule has 1 saturated heterocycles. The monoisotopic (exact) mass is 362 g/mol. The number of benzene rings is 1. The number of amides is 2. The highest BCUT2D eigenvalue weighted by atomic mass is 32.2. The van der Waals surface area contributed by atoms with Crippen LogP contribution in [0.1, 0.15) is 5.56 Å². The molecule has 2 N–H and O–H groups in total. The van der Waals surface area contributed by atoms with Crippen LogP contribution >= 0.6 is 24.0 Å². The van der Waals surface area contributed by atoms with E-state index in [0.717, 1.165) is 22.2 Å². The van der Waals surface area contributed by atoms with Gasteiger partial charge in [0.1, 0.15) is 17.4 Å². The van der Waals surface area contributed by atoms with Gasteiger partial charge in [-0.2, -0.15) is 0 Å². The Kier molecular flexibility index (Phi) is 6.28. The standard InChI is InChI=1S/C16H14N2O4S2/c19-13(17-9-14(20)21)10-18-15(22)12(24-16(18)23)8-4-7-11-5-2-1-3-6-11/h1-8H,9-10H2,(H,17,19)(H,20,21). The number of thioether (sulfide) groups is 1. The number of aliphatic carboxylic acids is 1. The first-order valence-electron chi connectivity index (χ1n) is 6.93. The number of carbonyl (C=O) groups is 3. The zero-order valence-corrected chi connectivity index (χ0v) is 14.1. The molecule has 1 aliphatic rings. The lowest BCUT2D eigenvalue weighted by Crippen LogP contribution is -2.41. The molecule has 0 bridgehead atoms. The van der Waals surface area contributed by atoms with Crippen LogP contribution in [-0.2, 0) is 14.4 Å². The lowest BCUT2D eigenvalue weighted by atomic mass is 10.2. The highest BCUT2D eigenvalue weighted by Crippen LogP contribution is 2.30. The molecule has 24 heavy (non-hydrogen) atoms. The van der Waals surface area contributed by atoms with Gasteiger partial charge < -0.3 is 10.4 Å². The predicted octanol–water partition coefficient (Wildman–Crippen LogP) is 1.64. The molecular weight excluding hydrogens is 348 g/mol. The van der Waals surface area contributed by atoms with Crippen molar-refractivity contribution in [1.29, 1.82) is 0 Å². The Bertz CT molecular complexity index is 729. The van der Waals surface area contributed by atoms with Gasteiger partial charge in [-0.05, 0) is 11.6 Å². The van der Waals surface area contributed by atoms with Gasteiger partial charge in [0, 0.05) is 0 Å². The van der Waals surface area contributed by atoms with Gasteiger partial charge in [-0.15, -0.1) is 0 Å². The maximum Gasteiger partial charge on any atom is 0.322 e. The predicted molar refractivity (Wildman–Crippen MR) is 96.1 cm³/mol. The molecule has 1 aromatic rings. The maximum atomic E-state index is 12.3. The van der Waals surface area contributed by atoms with E-state index in [1.54, 1.807) is 12.2 Å². The van der Waals surface area contributed by atoms with Crippen LogP contribution in [-0.4, -0.2) is 45.2 Å². The molecule has 2 amide bonds. The van der Waals surface area contributed by atoms with E-state index in [-0.39, 0.29) is 16.8 Å². The van der Waals surface area contributed by atoms with Crippen molar-refractivity contribution in [2.24, 2.45) is 0 Å². The van der Waals surface area contributed by atoms with Crippen molar-refractivity contribution in [3.05, 3.63) is 53.0 Å². The average Bonchev–Trinajstić information content (AvgIpc) is 2.82. The highest BCUT2D eigenvalue weighted by molar-refractivity contribution is 8.26. The number of rotatable bonds is 6. The van der Waals surface area contributed by atoms with Gasteiger partial charge in [0.15, 0.2) is 0 Å². The summed E-state index contributed by atoms with van der Waals surface area (Å²) < 4.78 is 0.268. The molecule has 1 heterocycles. The quantitative estimate of drug-likeness (QED) is 0.591. The minimum atomic E-state index is -1.15. The summed E-state index contributed by atoms with van der Waals surface area (Å²) in [5, 5.41) is 10.7. The zero-order valence-electron chi connectivity index (χ0n) is 12.5. The molecule has 1 aliphatic heterocycles. The Morgan fingerprint density at radius 3 is 2.67 bits per heavy atom. The van der Waals surface area contributed by atoms with Gasteiger partial charge in [0.25, 0.3) is 5.91 Å².